The number of anilines is 1. The summed E-state index contributed by atoms with van der Waals surface area (Å²) >= 11 is 6.02. The smallest absolute Gasteiger partial charge is 0.289 e. The Bertz CT molecular complexity index is 658. The van der Waals surface area contributed by atoms with Crippen LogP contribution in [0.2, 0.25) is 5.02 Å². The van der Waals surface area contributed by atoms with Gasteiger partial charge in [-0.05, 0) is 12.8 Å². The summed E-state index contributed by atoms with van der Waals surface area (Å²) in [5, 5.41) is 14.1. The van der Waals surface area contributed by atoms with Crippen molar-refractivity contribution in [3.8, 4) is 0 Å². The summed E-state index contributed by atoms with van der Waals surface area (Å²) in [6.07, 6.45) is 5.65. The third-order valence-corrected chi connectivity index (χ3v) is 5.43. The van der Waals surface area contributed by atoms with E-state index in [0.29, 0.717) is 18.3 Å². The zero-order chi connectivity index (χ0) is 18.5. The van der Waals surface area contributed by atoms with E-state index in [1.165, 1.54) is 25.1 Å². The van der Waals surface area contributed by atoms with Crippen molar-refractivity contribution in [2.75, 3.05) is 44.6 Å². The molecule has 1 saturated heterocycles. The molecule has 1 aromatic heterocycles. The third-order valence-electron chi connectivity index (χ3n) is 5.15. The zero-order valence-electron chi connectivity index (χ0n) is 14.7. The molecule has 26 heavy (non-hydrogen) atoms. The molecule has 1 amide bonds. The Morgan fingerprint density at radius 1 is 1.31 bits per heavy atom. The Labute approximate surface area is 157 Å². The van der Waals surface area contributed by atoms with Crippen molar-refractivity contribution in [3.05, 3.63) is 27.4 Å². The number of nitrogens with zero attached hydrogens (tertiary/aromatic N) is 4. The molecule has 2 fully saturated rings. The monoisotopic (exact) mass is 381 g/mol. The first-order chi connectivity index (χ1) is 12.5. The van der Waals surface area contributed by atoms with Gasteiger partial charge in [0.2, 0.25) is 5.91 Å². The molecule has 1 aliphatic heterocycles. The van der Waals surface area contributed by atoms with Gasteiger partial charge in [0.25, 0.3) is 5.69 Å². The largest absolute Gasteiger partial charge is 0.368 e. The number of nitro groups is 1. The van der Waals surface area contributed by atoms with E-state index in [1.54, 1.807) is 0 Å². The number of carbonyl (C=O) groups excluding carboxylic acids is 1. The zero-order valence-corrected chi connectivity index (χ0v) is 15.5. The SMILES string of the molecule is O=C(C1CCCC1)N1CCN(CCNc2ncc([N+](=O)[O-])cc2Cl)CC1. The van der Waals surface area contributed by atoms with Gasteiger partial charge >= 0.3 is 0 Å². The Morgan fingerprint density at radius 3 is 2.62 bits per heavy atom. The van der Waals surface area contributed by atoms with Gasteiger partial charge in [0.15, 0.2) is 0 Å². The van der Waals surface area contributed by atoms with Crippen LogP contribution in [0.25, 0.3) is 0 Å². The van der Waals surface area contributed by atoms with E-state index in [1.807, 2.05) is 4.90 Å². The highest BCUT2D eigenvalue weighted by molar-refractivity contribution is 6.33. The minimum absolute atomic E-state index is 0.122. The van der Waals surface area contributed by atoms with Crippen LogP contribution in [-0.4, -0.2) is 64.9 Å². The van der Waals surface area contributed by atoms with Crippen LogP contribution in [0, 0.1) is 16.0 Å². The van der Waals surface area contributed by atoms with Crippen LogP contribution in [0.4, 0.5) is 11.5 Å². The maximum absolute atomic E-state index is 12.4. The van der Waals surface area contributed by atoms with Crippen LogP contribution in [-0.2, 0) is 4.79 Å². The van der Waals surface area contributed by atoms with Crippen LogP contribution in [0.5, 0.6) is 0 Å². The Kier molecular flexibility index (Phi) is 6.26. The first-order valence-electron chi connectivity index (χ1n) is 9.09. The standard InChI is InChI=1S/C17H24ClN5O3/c18-15-11-14(23(25)26)12-20-16(15)19-5-6-21-7-9-22(10-8-21)17(24)13-3-1-2-4-13/h11-13H,1-10H2,(H,19,20). The third kappa shape index (κ3) is 4.62. The number of amides is 1. The first kappa shape index (κ1) is 18.8. The molecule has 9 heteroatoms. The van der Waals surface area contributed by atoms with Crippen LogP contribution >= 0.6 is 11.6 Å². The molecule has 1 saturated carbocycles. The summed E-state index contributed by atoms with van der Waals surface area (Å²) in [5.41, 5.74) is -0.122. The fourth-order valence-corrected chi connectivity index (χ4v) is 3.84. The molecule has 0 spiro atoms. The normalized spacial score (nSPS) is 18.9. The predicted octanol–water partition coefficient (Wildman–Crippen LogP) is 2.39. The number of piperazine rings is 1. The minimum Gasteiger partial charge on any atom is -0.368 e. The van der Waals surface area contributed by atoms with Gasteiger partial charge in [-0.15, -0.1) is 0 Å². The number of aromatic nitrogens is 1. The Morgan fingerprint density at radius 2 is 2.00 bits per heavy atom. The highest BCUT2D eigenvalue weighted by Crippen LogP contribution is 2.27. The lowest BCUT2D eigenvalue weighted by atomic mass is 10.1. The number of pyridine rings is 1. The van der Waals surface area contributed by atoms with Crippen LogP contribution in [0.1, 0.15) is 25.7 Å². The molecule has 2 heterocycles. The second-order valence-electron chi connectivity index (χ2n) is 6.86. The van der Waals surface area contributed by atoms with Crippen LogP contribution in [0.3, 0.4) is 0 Å². The Balaban J connectivity index is 1.40. The maximum atomic E-state index is 12.4. The molecule has 0 aromatic carbocycles. The number of halogens is 1. The molecule has 8 nitrogen and oxygen atoms in total. The molecule has 1 aliphatic carbocycles. The number of carbonyl (C=O) groups is 1. The van der Waals surface area contributed by atoms with Crippen molar-refractivity contribution in [2.45, 2.75) is 25.7 Å². The van der Waals surface area contributed by atoms with E-state index in [2.05, 4.69) is 15.2 Å². The Hall–Kier alpha value is -1.93. The van der Waals surface area contributed by atoms with Gasteiger partial charge in [0.1, 0.15) is 12.0 Å². The highest BCUT2D eigenvalue weighted by atomic mass is 35.5. The molecule has 0 radical (unpaired) electrons. The first-order valence-corrected chi connectivity index (χ1v) is 9.47. The molecule has 0 bridgehead atoms. The van der Waals surface area contributed by atoms with Crippen molar-refractivity contribution in [3.63, 3.8) is 0 Å². The van der Waals surface area contributed by atoms with Crippen LogP contribution < -0.4 is 5.32 Å². The van der Waals surface area contributed by atoms with Crippen molar-refractivity contribution < 1.29 is 9.72 Å². The van der Waals surface area contributed by atoms with Gasteiger partial charge in [0.05, 0.1) is 9.95 Å². The van der Waals surface area contributed by atoms with E-state index in [0.717, 1.165) is 45.6 Å². The molecule has 3 rings (SSSR count). The molecular weight excluding hydrogens is 358 g/mol. The summed E-state index contributed by atoms with van der Waals surface area (Å²) in [4.78, 5) is 30.9. The van der Waals surface area contributed by atoms with Crippen molar-refractivity contribution in [1.82, 2.24) is 14.8 Å². The van der Waals surface area contributed by atoms with Gasteiger partial charge in [-0.3, -0.25) is 19.8 Å². The lowest BCUT2D eigenvalue weighted by Crippen LogP contribution is -2.50. The van der Waals surface area contributed by atoms with Crippen molar-refractivity contribution in [1.29, 1.82) is 0 Å². The van der Waals surface area contributed by atoms with E-state index in [4.69, 9.17) is 11.6 Å². The van der Waals surface area contributed by atoms with Gasteiger partial charge in [-0.25, -0.2) is 4.98 Å². The van der Waals surface area contributed by atoms with Crippen LogP contribution in [0.15, 0.2) is 12.3 Å². The van der Waals surface area contributed by atoms with Gasteiger partial charge in [-0.1, -0.05) is 24.4 Å². The lowest BCUT2D eigenvalue weighted by molar-refractivity contribution is -0.385. The molecule has 142 valence electrons. The maximum Gasteiger partial charge on any atom is 0.289 e. The second kappa shape index (κ2) is 8.64. The topological polar surface area (TPSA) is 91.6 Å². The average molecular weight is 382 g/mol. The molecule has 0 atom stereocenters. The molecule has 1 aromatic rings. The lowest BCUT2D eigenvalue weighted by Gasteiger charge is -2.36. The number of rotatable bonds is 6. The van der Waals surface area contributed by atoms with Gasteiger partial charge in [-0.2, -0.15) is 0 Å². The number of hydrogen-bond donors (Lipinski definition) is 1. The average Bonchev–Trinajstić information content (AvgIpc) is 3.17. The van der Waals surface area contributed by atoms with Gasteiger partial charge in [0, 0.05) is 51.3 Å². The van der Waals surface area contributed by atoms with Crippen molar-refractivity contribution >= 4 is 29.0 Å². The summed E-state index contributed by atoms with van der Waals surface area (Å²) in [6.45, 7) is 4.74. The second-order valence-corrected chi connectivity index (χ2v) is 7.26. The molecular formula is C17H24ClN5O3. The summed E-state index contributed by atoms with van der Waals surface area (Å²) in [7, 11) is 0. The van der Waals surface area contributed by atoms with E-state index >= 15 is 0 Å². The fraction of sp³-hybridized carbons (Fsp3) is 0.647. The fourth-order valence-electron chi connectivity index (χ4n) is 3.61. The summed E-state index contributed by atoms with van der Waals surface area (Å²) in [5.74, 6) is 1.04. The van der Waals surface area contributed by atoms with Crippen molar-refractivity contribution in [2.24, 2.45) is 5.92 Å². The molecule has 1 N–H and O–H groups in total. The number of hydrogen-bond acceptors (Lipinski definition) is 6. The summed E-state index contributed by atoms with van der Waals surface area (Å²) < 4.78 is 0. The summed E-state index contributed by atoms with van der Waals surface area (Å²) in [6, 6.07) is 1.30. The minimum atomic E-state index is -0.519. The van der Waals surface area contributed by atoms with E-state index in [-0.39, 0.29) is 16.6 Å². The van der Waals surface area contributed by atoms with E-state index in [9.17, 15) is 14.9 Å². The van der Waals surface area contributed by atoms with Gasteiger partial charge < -0.3 is 10.2 Å². The quantitative estimate of drug-likeness (QED) is 0.601. The number of nitrogens with one attached hydrogen (secondary N) is 1. The molecule has 0 unspecified atom stereocenters. The van der Waals surface area contributed by atoms with E-state index < -0.39 is 4.92 Å². The predicted molar refractivity (Wildman–Crippen MR) is 99.4 cm³/mol. The highest BCUT2D eigenvalue weighted by Gasteiger charge is 2.29. The molecule has 2 aliphatic rings.